The van der Waals surface area contributed by atoms with E-state index in [2.05, 4.69) is 30.8 Å². The molecular formula is C10H15BrN4. The molecule has 1 aliphatic heterocycles. The van der Waals surface area contributed by atoms with Crippen LogP contribution in [0.4, 0.5) is 5.95 Å². The lowest BCUT2D eigenvalue weighted by molar-refractivity contribution is 0.411. The second-order valence-corrected chi connectivity index (χ2v) is 4.78. The summed E-state index contributed by atoms with van der Waals surface area (Å²) in [6.45, 7) is 2.84. The number of halogens is 1. The van der Waals surface area contributed by atoms with Crippen molar-refractivity contribution in [2.75, 3.05) is 24.5 Å². The minimum absolute atomic E-state index is 0.677. The molecule has 5 heteroatoms. The number of piperidine rings is 1. The van der Waals surface area contributed by atoms with Crippen LogP contribution in [0, 0.1) is 5.92 Å². The minimum Gasteiger partial charge on any atom is -0.341 e. The highest BCUT2D eigenvalue weighted by atomic mass is 79.9. The van der Waals surface area contributed by atoms with Crippen molar-refractivity contribution in [1.29, 1.82) is 0 Å². The third-order valence-corrected chi connectivity index (χ3v) is 3.25. The van der Waals surface area contributed by atoms with Crippen LogP contribution in [-0.4, -0.2) is 29.6 Å². The van der Waals surface area contributed by atoms with E-state index >= 15 is 0 Å². The molecule has 2 rings (SSSR count). The van der Waals surface area contributed by atoms with Crippen molar-refractivity contribution in [3.8, 4) is 0 Å². The van der Waals surface area contributed by atoms with Crippen molar-refractivity contribution in [3.05, 3.63) is 16.9 Å². The van der Waals surface area contributed by atoms with Gasteiger partial charge in [-0.05, 0) is 41.2 Å². The van der Waals surface area contributed by atoms with E-state index in [4.69, 9.17) is 5.73 Å². The number of hydrogen-bond acceptors (Lipinski definition) is 4. The van der Waals surface area contributed by atoms with Crippen molar-refractivity contribution in [2.45, 2.75) is 12.8 Å². The molecule has 0 unspecified atom stereocenters. The maximum absolute atomic E-state index is 5.65. The quantitative estimate of drug-likeness (QED) is 0.883. The van der Waals surface area contributed by atoms with Crippen molar-refractivity contribution in [3.63, 3.8) is 0 Å². The first-order valence-electron chi connectivity index (χ1n) is 5.22. The Kier molecular flexibility index (Phi) is 3.53. The van der Waals surface area contributed by atoms with E-state index in [0.717, 1.165) is 42.9 Å². The molecule has 15 heavy (non-hydrogen) atoms. The third kappa shape index (κ3) is 2.66. The summed E-state index contributed by atoms with van der Waals surface area (Å²) < 4.78 is 0.920. The van der Waals surface area contributed by atoms with Crippen molar-refractivity contribution < 1.29 is 0 Å². The zero-order valence-corrected chi connectivity index (χ0v) is 10.2. The molecule has 4 nitrogen and oxygen atoms in total. The largest absolute Gasteiger partial charge is 0.341 e. The van der Waals surface area contributed by atoms with E-state index in [-0.39, 0.29) is 0 Å². The Morgan fingerprint density at radius 1 is 1.33 bits per heavy atom. The van der Waals surface area contributed by atoms with Gasteiger partial charge in [-0.3, -0.25) is 0 Å². The number of rotatable bonds is 2. The first-order chi connectivity index (χ1) is 7.29. The summed E-state index contributed by atoms with van der Waals surface area (Å²) in [5, 5.41) is 0. The molecule has 0 radical (unpaired) electrons. The minimum atomic E-state index is 0.677. The number of hydrogen-bond donors (Lipinski definition) is 1. The molecule has 2 N–H and O–H groups in total. The van der Waals surface area contributed by atoms with E-state index in [1.165, 1.54) is 0 Å². The summed E-state index contributed by atoms with van der Waals surface area (Å²) in [4.78, 5) is 10.8. The molecule has 1 aliphatic rings. The highest BCUT2D eigenvalue weighted by Crippen LogP contribution is 2.19. The van der Waals surface area contributed by atoms with Gasteiger partial charge in [0.25, 0.3) is 0 Å². The Labute approximate surface area is 98.0 Å². The maximum atomic E-state index is 5.65. The van der Waals surface area contributed by atoms with Crippen molar-refractivity contribution in [1.82, 2.24) is 9.97 Å². The maximum Gasteiger partial charge on any atom is 0.225 e. The Bertz CT molecular complexity index is 306. The van der Waals surface area contributed by atoms with Gasteiger partial charge in [-0.15, -0.1) is 0 Å². The summed E-state index contributed by atoms with van der Waals surface area (Å²) in [6.07, 6.45) is 5.88. The molecule has 0 atom stereocenters. The van der Waals surface area contributed by atoms with Gasteiger partial charge in [0.1, 0.15) is 0 Å². The SMILES string of the molecule is NCC1CCN(c2ncc(Br)cn2)CC1. The molecule has 1 aromatic rings. The van der Waals surface area contributed by atoms with Crippen LogP contribution in [0.15, 0.2) is 16.9 Å². The first-order valence-corrected chi connectivity index (χ1v) is 6.01. The van der Waals surface area contributed by atoms with Crippen LogP contribution in [0.25, 0.3) is 0 Å². The molecule has 1 aromatic heterocycles. The van der Waals surface area contributed by atoms with E-state index in [9.17, 15) is 0 Å². The lowest BCUT2D eigenvalue weighted by atomic mass is 9.97. The lowest BCUT2D eigenvalue weighted by Crippen LogP contribution is -2.37. The third-order valence-electron chi connectivity index (χ3n) is 2.84. The van der Waals surface area contributed by atoms with Gasteiger partial charge in [-0.2, -0.15) is 0 Å². The molecule has 0 amide bonds. The fourth-order valence-corrected chi connectivity index (χ4v) is 2.04. The highest BCUT2D eigenvalue weighted by Gasteiger charge is 2.19. The first kappa shape index (κ1) is 10.8. The Morgan fingerprint density at radius 3 is 2.47 bits per heavy atom. The zero-order valence-electron chi connectivity index (χ0n) is 8.56. The second-order valence-electron chi connectivity index (χ2n) is 3.87. The Hall–Kier alpha value is -0.680. The van der Waals surface area contributed by atoms with Crippen LogP contribution in [0.1, 0.15) is 12.8 Å². The van der Waals surface area contributed by atoms with Crippen molar-refractivity contribution >= 4 is 21.9 Å². The predicted molar refractivity (Wildman–Crippen MR) is 63.7 cm³/mol. The molecular weight excluding hydrogens is 256 g/mol. The monoisotopic (exact) mass is 270 g/mol. The van der Waals surface area contributed by atoms with E-state index in [0.29, 0.717) is 5.92 Å². The van der Waals surface area contributed by atoms with Gasteiger partial charge in [0.15, 0.2) is 0 Å². The number of nitrogens with two attached hydrogens (primary N) is 1. The van der Waals surface area contributed by atoms with Crippen molar-refractivity contribution in [2.24, 2.45) is 11.7 Å². The fraction of sp³-hybridized carbons (Fsp3) is 0.600. The molecule has 0 spiro atoms. The predicted octanol–water partition coefficient (Wildman–Crippen LogP) is 1.41. The van der Waals surface area contributed by atoms with Gasteiger partial charge >= 0.3 is 0 Å². The molecule has 0 aromatic carbocycles. The Balaban J connectivity index is 1.98. The molecule has 1 fully saturated rings. The summed E-state index contributed by atoms with van der Waals surface area (Å²) in [5.74, 6) is 1.50. The Morgan fingerprint density at radius 2 is 1.93 bits per heavy atom. The normalized spacial score (nSPS) is 18.1. The van der Waals surface area contributed by atoms with Gasteiger partial charge in [0.05, 0.1) is 4.47 Å². The van der Waals surface area contributed by atoms with E-state index in [1.54, 1.807) is 12.4 Å². The summed E-state index contributed by atoms with van der Waals surface area (Å²) in [5.41, 5.74) is 5.65. The molecule has 0 saturated carbocycles. The summed E-state index contributed by atoms with van der Waals surface area (Å²) in [7, 11) is 0. The van der Waals surface area contributed by atoms with Crippen LogP contribution in [0.2, 0.25) is 0 Å². The number of nitrogens with zero attached hydrogens (tertiary/aromatic N) is 3. The average molecular weight is 271 g/mol. The van der Waals surface area contributed by atoms with E-state index < -0.39 is 0 Å². The zero-order chi connectivity index (χ0) is 10.7. The second kappa shape index (κ2) is 4.90. The average Bonchev–Trinajstić information content (AvgIpc) is 2.30. The van der Waals surface area contributed by atoms with Crippen LogP contribution in [0.3, 0.4) is 0 Å². The van der Waals surface area contributed by atoms with Gasteiger partial charge in [0.2, 0.25) is 5.95 Å². The van der Waals surface area contributed by atoms with Crippen LogP contribution >= 0.6 is 15.9 Å². The molecule has 0 aliphatic carbocycles. The fourth-order valence-electron chi connectivity index (χ4n) is 1.84. The van der Waals surface area contributed by atoms with Crippen LogP contribution < -0.4 is 10.6 Å². The summed E-state index contributed by atoms with van der Waals surface area (Å²) >= 11 is 3.33. The van der Waals surface area contributed by atoms with Crippen LogP contribution in [0.5, 0.6) is 0 Å². The van der Waals surface area contributed by atoms with Gasteiger partial charge < -0.3 is 10.6 Å². The highest BCUT2D eigenvalue weighted by molar-refractivity contribution is 9.10. The summed E-state index contributed by atoms with van der Waals surface area (Å²) in [6, 6.07) is 0. The topological polar surface area (TPSA) is 55.0 Å². The van der Waals surface area contributed by atoms with E-state index in [1.807, 2.05) is 0 Å². The molecule has 2 heterocycles. The molecule has 1 saturated heterocycles. The standard InChI is InChI=1S/C10H15BrN4/c11-9-6-13-10(14-7-9)15-3-1-8(5-12)2-4-15/h6-8H,1-5,12H2. The molecule has 0 bridgehead atoms. The van der Waals surface area contributed by atoms with Gasteiger partial charge in [-0.25, -0.2) is 9.97 Å². The smallest absolute Gasteiger partial charge is 0.225 e. The van der Waals surface area contributed by atoms with Crippen LogP contribution in [-0.2, 0) is 0 Å². The number of anilines is 1. The molecule has 82 valence electrons. The lowest BCUT2D eigenvalue weighted by Gasteiger charge is -2.31. The van der Waals surface area contributed by atoms with Gasteiger partial charge in [0, 0.05) is 25.5 Å². The number of aromatic nitrogens is 2. The van der Waals surface area contributed by atoms with Gasteiger partial charge in [-0.1, -0.05) is 0 Å².